The summed E-state index contributed by atoms with van der Waals surface area (Å²) in [6.45, 7) is 0.176. The van der Waals surface area contributed by atoms with Gasteiger partial charge in [0, 0.05) is 18.0 Å². The maximum atomic E-state index is 13.2. The number of ether oxygens (including phenoxy) is 1. The van der Waals surface area contributed by atoms with E-state index in [1.165, 1.54) is 11.0 Å². The van der Waals surface area contributed by atoms with Crippen LogP contribution in [0.15, 0.2) is 47.5 Å². The van der Waals surface area contributed by atoms with E-state index in [9.17, 15) is 18.0 Å². The van der Waals surface area contributed by atoms with Crippen LogP contribution in [0.25, 0.3) is 0 Å². The lowest BCUT2D eigenvalue weighted by Gasteiger charge is -2.35. The van der Waals surface area contributed by atoms with E-state index in [2.05, 4.69) is 4.99 Å². The molecule has 6 nitrogen and oxygen atoms in total. The average molecular weight is 427 g/mol. The van der Waals surface area contributed by atoms with Gasteiger partial charge in [-0.1, -0.05) is 23.7 Å². The van der Waals surface area contributed by atoms with E-state index in [1.54, 1.807) is 24.3 Å². The van der Waals surface area contributed by atoms with Crippen molar-refractivity contribution in [3.8, 4) is 5.75 Å². The first-order valence-electron chi connectivity index (χ1n) is 8.64. The third-order valence-corrected chi connectivity index (χ3v) is 4.54. The Labute approximate surface area is 169 Å². The van der Waals surface area contributed by atoms with Crippen molar-refractivity contribution in [1.29, 1.82) is 0 Å². The molecule has 1 aliphatic heterocycles. The summed E-state index contributed by atoms with van der Waals surface area (Å²) in [5, 5.41) is 0.455. The Bertz CT molecular complexity index is 945. The van der Waals surface area contributed by atoms with Crippen molar-refractivity contribution in [3.05, 3.63) is 58.6 Å². The van der Waals surface area contributed by atoms with E-state index >= 15 is 0 Å². The number of carbonyl (C=O) groups excluding carboxylic acids is 1. The van der Waals surface area contributed by atoms with E-state index in [-0.39, 0.29) is 36.9 Å². The van der Waals surface area contributed by atoms with Crippen LogP contribution in [-0.4, -0.2) is 24.5 Å². The molecule has 0 saturated carbocycles. The molecule has 1 heterocycles. The molecule has 0 fully saturated rings. The third-order valence-electron chi connectivity index (χ3n) is 4.30. The number of nitrogens with two attached hydrogens (primary N) is 2. The minimum Gasteiger partial charge on any atom is -0.478 e. The summed E-state index contributed by atoms with van der Waals surface area (Å²) in [6, 6.07) is 9.78. The predicted molar refractivity (Wildman–Crippen MR) is 104 cm³/mol. The molecule has 1 amide bonds. The van der Waals surface area contributed by atoms with E-state index < -0.39 is 23.8 Å². The standard InChI is InChI=1S/C19H18ClF3N4O2/c20-13-3-1-2-11(8-13)10-27-14-9-12(19(21,22)23)4-5-15(14)29-16(17(27)28)6-7-26-18(24)25/h1-5,8-9,16H,6-7,10H2,(H4,24,25,26). The van der Waals surface area contributed by atoms with E-state index in [1.807, 2.05) is 0 Å². The third kappa shape index (κ3) is 4.92. The van der Waals surface area contributed by atoms with Crippen LogP contribution in [0.1, 0.15) is 17.5 Å². The van der Waals surface area contributed by atoms with Crippen molar-refractivity contribution in [2.45, 2.75) is 25.2 Å². The molecule has 1 atom stereocenters. The zero-order valence-corrected chi connectivity index (χ0v) is 15.9. The number of fused-ring (bicyclic) bond motifs is 1. The van der Waals surface area contributed by atoms with Crippen LogP contribution >= 0.6 is 11.6 Å². The van der Waals surface area contributed by atoms with Gasteiger partial charge in [-0.25, -0.2) is 0 Å². The summed E-state index contributed by atoms with van der Waals surface area (Å²) in [4.78, 5) is 18.1. The molecule has 0 radical (unpaired) electrons. The minimum absolute atomic E-state index is 0.0376. The Kier molecular flexibility index (Phi) is 5.88. The number of benzene rings is 2. The Morgan fingerprint density at radius 3 is 2.62 bits per heavy atom. The van der Waals surface area contributed by atoms with E-state index in [4.69, 9.17) is 27.8 Å². The molecule has 1 aliphatic rings. The fraction of sp³-hybridized carbons (Fsp3) is 0.263. The van der Waals surface area contributed by atoms with Crippen molar-refractivity contribution < 1.29 is 22.7 Å². The molecular formula is C19H18ClF3N4O2. The van der Waals surface area contributed by atoms with Crippen molar-refractivity contribution >= 4 is 29.2 Å². The number of hydrogen-bond donors (Lipinski definition) is 2. The van der Waals surface area contributed by atoms with Crippen LogP contribution in [0, 0.1) is 0 Å². The second kappa shape index (κ2) is 8.20. The maximum Gasteiger partial charge on any atom is 0.416 e. The molecule has 2 aromatic rings. The molecule has 0 bridgehead atoms. The second-order valence-corrected chi connectivity index (χ2v) is 6.87. The maximum absolute atomic E-state index is 13.2. The number of halogens is 4. The van der Waals surface area contributed by atoms with Gasteiger partial charge in [0.1, 0.15) is 5.75 Å². The van der Waals surface area contributed by atoms with E-state index in [0.29, 0.717) is 10.6 Å². The first kappa shape index (κ1) is 20.8. The van der Waals surface area contributed by atoms with Gasteiger partial charge in [0.15, 0.2) is 12.1 Å². The quantitative estimate of drug-likeness (QED) is 0.566. The van der Waals surface area contributed by atoms with Crippen molar-refractivity contribution in [3.63, 3.8) is 0 Å². The van der Waals surface area contributed by atoms with E-state index in [0.717, 1.165) is 12.1 Å². The first-order chi connectivity index (χ1) is 13.6. The van der Waals surface area contributed by atoms with Crippen LogP contribution in [0.5, 0.6) is 5.75 Å². The highest BCUT2D eigenvalue weighted by atomic mass is 35.5. The number of anilines is 1. The monoisotopic (exact) mass is 426 g/mol. The lowest BCUT2D eigenvalue weighted by atomic mass is 10.1. The first-order valence-corrected chi connectivity index (χ1v) is 9.02. The number of amides is 1. The van der Waals surface area contributed by atoms with Gasteiger partial charge in [-0.05, 0) is 35.9 Å². The molecule has 2 aromatic carbocycles. The SMILES string of the molecule is NC(N)=NCCC1Oc2ccc(C(F)(F)F)cc2N(Cc2cccc(Cl)c2)C1=O. The van der Waals surface area contributed by atoms with Gasteiger partial charge in [0.2, 0.25) is 0 Å². The Balaban J connectivity index is 1.97. The van der Waals surface area contributed by atoms with Crippen LogP contribution in [0.3, 0.4) is 0 Å². The Morgan fingerprint density at radius 1 is 1.21 bits per heavy atom. The van der Waals surface area contributed by atoms with Gasteiger partial charge in [0.05, 0.1) is 17.8 Å². The average Bonchev–Trinajstić information content (AvgIpc) is 2.63. The molecule has 10 heteroatoms. The fourth-order valence-electron chi connectivity index (χ4n) is 2.97. The lowest BCUT2D eigenvalue weighted by molar-refractivity contribution is -0.137. The number of rotatable bonds is 5. The predicted octanol–water partition coefficient (Wildman–Crippen LogP) is 3.32. The van der Waals surface area contributed by atoms with Crippen LogP contribution < -0.4 is 21.1 Å². The smallest absolute Gasteiger partial charge is 0.416 e. The van der Waals surface area contributed by atoms with Gasteiger partial charge in [-0.15, -0.1) is 0 Å². The Hall–Kier alpha value is -2.94. The number of guanidine groups is 1. The number of hydrogen-bond acceptors (Lipinski definition) is 3. The highest BCUT2D eigenvalue weighted by Gasteiger charge is 2.37. The molecule has 0 saturated heterocycles. The number of aliphatic imine (C=N–C) groups is 1. The second-order valence-electron chi connectivity index (χ2n) is 6.44. The Morgan fingerprint density at radius 2 is 1.97 bits per heavy atom. The summed E-state index contributed by atoms with van der Waals surface area (Å²) in [7, 11) is 0. The zero-order chi connectivity index (χ0) is 21.2. The topological polar surface area (TPSA) is 93.9 Å². The molecule has 0 aromatic heterocycles. The number of nitrogens with zero attached hydrogens (tertiary/aromatic N) is 2. The van der Waals surface area contributed by atoms with Crippen molar-refractivity contribution in [2.75, 3.05) is 11.4 Å². The molecule has 3 rings (SSSR count). The van der Waals surface area contributed by atoms with Crippen molar-refractivity contribution in [1.82, 2.24) is 0 Å². The van der Waals surface area contributed by atoms with Crippen LogP contribution in [0.4, 0.5) is 18.9 Å². The largest absolute Gasteiger partial charge is 0.478 e. The summed E-state index contributed by atoms with van der Waals surface area (Å²) < 4.78 is 45.2. The molecule has 0 aliphatic carbocycles. The highest BCUT2D eigenvalue weighted by molar-refractivity contribution is 6.30. The van der Waals surface area contributed by atoms with Crippen molar-refractivity contribution in [2.24, 2.45) is 16.5 Å². The molecule has 4 N–H and O–H groups in total. The molecule has 0 spiro atoms. The van der Waals surface area contributed by atoms with Gasteiger partial charge < -0.3 is 21.1 Å². The number of alkyl halides is 3. The summed E-state index contributed by atoms with van der Waals surface area (Å²) >= 11 is 6.00. The highest BCUT2D eigenvalue weighted by Crippen LogP contribution is 2.40. The van der Waals surface area contributed by atoms with Gasteiger partial charge in [-0.2, -0.15) is 13.2 Å². The number of carbonyl (C=O) groups is 1. The molecular weight excluding hydrogens is 409 g/mol. The van der Waals surface area contributed by atoms with Crippen LogP contribution in [-0.2, 0) is 17.5 Å². The lowest BCUT2D eigenvalue weighted by Crippen LogP contribution is -2.46. The fourth-order valence-corrected chi connectivity index (χ4v) is 3.19. The van der Waals surface area contributed by atoms with Gasteiger partial charge in [-0.3, -0.25) is 9.79 Å². The minimum atomic E-state index is -4.55. The van der Waals surface area contributed by atoms with Gasteiger partial charge in [0.25, 0.3) is 5.91 Å². The normalized spacial score (nSPS) is 16.2. The molecule has 154 valence electrons. The molecule has 29 heavy (non-hydrogen) atoms. The van der Waals surface area contributed by atoms with Crippen LogP contribution in [0.2, 0.25) is 5.02 Å². The summed E-state index contributed by atoms with van der Waals surface area (Å²) in [5.74, 6) is -0.434. The summed E-state index contributed by atoms with van der Waals surface area (Å²) in [6.07, 6.45) is -5.31. The zero-order valence-electron chi connectivity index (χ0n) is 15.1. The molecule has 1 unspecified atom stereocenters. The summed E-state index contributed by atoms with van der Waals surface area (Å²) in [5.41, 5.74) is 10.4. The van der Waals surface area contributed by atoms with Gasteiger partial charge >= 0.3 is 6.18 Å².